The van der Waals surface area contributed by atoms with Crippen LogP contribution < -0.4 is 21.1 Å². The third-order valence-corrected chi connectivity index (χ3v) is 13.9. The van der Waals surface area contributed by atoms with Gasteiger partial charge in [0, 0.05) is 66.8 Å². The van der Waals surface area contributed by atoms with Gasteiger partial charge >= 0.3 is 18.1 Å². The second-order valence-electron chi connectivity index (χ2n) is 16.3. The number of benzene rings is 1. The number of likely N-dealkylation sites (N-methyl/N-ethyl adjacent to an activating group) is 1. The molecular weight excluding hydrogens is 859 g/mol. The SMILES string of the molecule is C=C(C(=O)N(C)[C@H](C[C@@H](OC(C)=O)c1nc(C(=O)N[C@@H](Cc2ccc(OC(=O)O)c(NC(=O)CCCSSCCC(C)(C)C(N)=O)c2)CC(C)C(=O)O)cs1)C(C)C)[C@@H](C)CC. The Labute approximate surface area is 376 Å². The van der Waals surface area contributed by atoms with E-state index < -0.39 is 47.5 Å². The number of hydrogen-bond acceptors (Lipinski definition) is 13. The van der Waals surface area contributed by atoms with Crippen molar-refractivity contribution in [2.45, 2.75) is 119 Å². The third-order valence-electron chi connectivity index (χ3n) is 10.4. The molecule has 0 radical (unpaired) electrons. The van der Waals surface area contributed by atoms with Crippen molar-refractivity contribution in [1.82, 2.24) is 15.2 Å². The van der Waals surface area contributed by atoms with Crippen molar-refractivity contribution in [2.24, 2.45) is 28.9 Å². The Morgan fingerprint density at radius 2 is 1.68 bits per heavy atom. The van der Waals surface area contributed by atoms with E-state index in [1.54, 1.807) is 53.4 Å². The molecule has 16 nitrogen and oxygen atoms in total. The van der Waals surface area contributed by atoms with Crippen LogP contribution in [0.15, 0.2) is 35.7 Å². The lowest BCUT2D eigenvalue weighted by atomic mass is 9.90. The third kappa shape index (κ3) is 17.6. The minimum absolute atomic E-state index is 0.00929. The highest BCUT2D eigenvalue weighted by Crippen LogP contribution is 2.33. The van der Waals surface area contributed by atoms with Gasteiger partial charge in [0.25, 0.3) is 5.91 Å². The molecule has 2 aromatic rings. The largest absolute Gasteiger partial charge is 0.511 e. The second kappa shape index (κ2) is 25.5. The molecule has 4 amide bonds. The number of carbonyl (C=O) groups is 7. The zero-order valence-electron chi connectivity index (χ0n) is 37.1. The Kier molecular flexibility index (Phi) is 22.0. The number of esters is 1. The van der Waals surface area contributed by atoms with Gasteiger partial charge in [-0.2, -0.15) is 0 Å². The Balaban J connectivity index is 2.27. The predicted molar refractivity (Wildman–Crippen MR) is 243 cm³/mol. The number of carbonyl (C=O) groups excluding carboxylic acids is 5. The molecule has 19 heteroatoms. The summed E-state index contributed by atoms with van der Waals surface area (Å²) in [5.74, 6) is -2.91. The first kappa shape index (κ1) is 53.5. The molecular formula is C43H63N5O11S3. The first-order valence-corrected chi connectivity index (χ1v) is 23.8. The van der Waals surface area contributed by atoms with Crippen molar-refractivity contribution in [3.05, 3.63) is 52.0 Å². The minimum atomic E-state index is -1.59. The Morgan fingerprint density at radius 1 is 1.02 bits per heavy atom. The summed E-state index contributed by atoms with van der Waals surface area (Å²) in [7, 11) is 4.83. The van der Waals surface area contributed by atoms with Gasteiger partial charge in [-0.25, -0.2) is 9.78 Å². The average Bonchev–Trinajstić information content (AvgIpc) is 3.69. The number of aromatic nitrogens is 1. The summed E-state index contributed by atoms with van der Waals surface area (Å²) in [4.78, 5) is 93.5. The zero-order valence-corrected chi connectivity index (χ0v) is 39.6. The molecule has 0 saturated carbocycles. The minimum Gasteiger partial charge on any atom is -0.481 e. The van der Waals surface area contributed by atoms with Crippen LogP contribution in [-0.2, 0) is 35.1 Å². The normalized spacial score (nSPS) is 13.8. The number of nitrogens with two attached hydrogens (primary N) is 1. The van der Waals surface area contributed by atoms with Crippen LogP contribution in [0.4, 0.5) is 10.5 Å². The number of ether oxygens (including phenoxy) is 2. The van der Waals surface area contributed by atoms with Crippen LogP contribution in [-0.4, -0.2) is 92.5 Å². The number of carboxylic acid groups (broad SMARTS) is 2. The van der Waals surface area contributed by atoms with E-state index in [2.05, 4.69) is 22.2 Å². The summed E-state index contributed by atoms with van der Waals surface area (Å²) >= 11 is 1.11. The number of primary amides is 1. The van der Waals surface area contributed by atoms with Crippen LogP contribution in [0.2, 0.25) is 0 Å². The molecule has 1 aromatic heterocycles. The number of hydrogen-bond donors (Lipinski definition) is 5. The molecule has 62 heavy (non-hydrogen) atoms. The quantitative estimate of drug-likeness (QED) is 0.0189. The van der Waals surface area contributed by atoms with Crippen molar-refractivity contribution >= 4 is 80.3 Å². The molecule has 0 fully saturated rings. The molecule has 344 valence electrons. The zero-order chi connectivity index (χ0) is 46.9. The van der Waals surface area contributed by atoms with Crippen LogP contribution in [0.3, 0.4) is 0 Å². The van der Waals surface area contributed by atoms with Gasteiger partial charge in [0.1, 0.15) is 10.7 Å². The summed E-state index contributed by atoms with van der Waals surface area (Å²) in [6.07, 6.45) is -0.162. The van der Waals surface area contributed by atoms with Crippen LogP contribution in [0, 0.1) is 23.2 Å². The van der Waals surface area contributed by atoms with E-state index in [1.165, 1.54) is 31.4 Å². The molecule has 0 aliphatic rings. The van der Waals surface area contributed by atoms with Gasteiger partial charge in [0.05, 0.1) is 11.6 Å². The maximum absolute atomic E-state index is 13.7. The number of rotatable bonds is 27. The number of nitrogens with zero attached hydrogens (tertiary/aromatic N) is 2. The van der Waals surface area contributed by atoms with E-state index >= 15 is 0 Å². The molecule has 0 spiro atoms. The molecule has 1 aromatic carbocycles. The predicted octanol–water partition coefficient (Wildman–Crippen LogP) is 7.73. The smallest absolute Gasteiger partial charge is 0.481 e. The molecule has 0 aliphatic carbocycles. The van der Waals surface area contributed by atoms with Crippen molar-refractivity contribution in [3.8, 4) is 5.75 Å². The topological polar surface area (TPSA) is 245 Å². The second-order valence-corrected chi connectivity index (χ2v) is 19.9. The molecule has 1 unspecified atom stereocenters. The van der Waals surface area contributed by atoms with E-state index in [-0.39, 0.29) is 78.4 Å². The van der Waals surface area contributed by atoms with Gasteiger partial charge in [0.15, 0.2) is 11.9 Å². The highest BCUT2D eigenvalue weighted by Gasteiger charge is 2.33. The summed E-state index contributed by atoms with van der Waals surface area (Å²) < 4.78 is 10.6. The monoisotopic (exact) mass is 921 g/mol. The van der Waals surface area contributed by atoms with Gasteiger partial charge in [0.2, 0.25) is 17.7 Å². The standard InChI is InChI=1S/C43H63N5O11S3/c1-11-25(4)27(6)39(52)48(10)33(24(2)3)22-35(58-28(7)49)38-47-32(23-60-38)37(51)45-30(19-26(5)40(53)54)20-29-14-15-34(59-42(56)57)31(21-29)46-36(50)13-12-17-61-62-18-16-43(8,9)41(44)55/h14-15,21,23-26,30,33,35H,6,11-13,16-20,22H2,1-5,7-10H3,(H2,44,55)(H,45,51)(H,46,50)(H,53,54)(H,56,57)/t25-,26?,30+,33+,35+/m0/s1. The van der Waals surface area contributed by atoms with Gasteiger partial charge in [-0.05, 0) is 61.6 Å². The van der Waals surface area contributed by atoms with Gasteiger partial charge in [-0.3, -0.25) is 28.8 Å². The number of aliphatic carboxylic acids is 1. The van der Waals surface area contributed by atoms with Crippen LogP contribution in [0.1, 0.15) is 121 Å². The van der Waals surface area contributed by atoms with Crippen LogP contribution in [0.25, 0.3) is 0 Å². The Hall–Kier alpha value is -4.62. The van der Waals surface area contributed by atoms with E-state index in [0.717, 1.165) is 17.8 Å². The van der Waals surface area contributed by atoms with Crippen molar-refractivity contribution in [3.63, 3.8) is 0 Å². The van der Waals surface area contributed by atoms with E-state index in [9.17, 15) is 43.8 Å². The molecule has 6 N–H and O–H groups in total. The van der Waals surface area contributed by atoms with Crippen molar-refractivity contribution < 1.29 is 53.2 Å². The lowest BCUT2D eigenvalue weighted by Gasteiger charge is -2.34. The molecule has 2 rings (SSSR count). The Bertz CT molecular complexity index is 1900. The average molecular weight is 922 g/mol. The number of anilines is 1. The number of nitrogens with one attached hydrogen (secondary N) is 2. The maximum Gasteiger partial charge on any atom is 0.511 e. The summed E-state index contributed by atoms with van der Waals surface area (Å²) in [5, 5.41) is 26.5. The summed E-state index contributed by atoms with van der Waals surface area (Å²) in [6.45, 7) is 18.2. The van der Waals surface area contributed by atoms with Crippen molar-refractivity contribution in [1.29, 1.82) is 0 Å². The fourth-order valence-corrected chi connectivity index (χ4v) is 9.40. The molecule has 0 aliphatic heterocycles. The summed E-state index contributed by atoms with van der Waals surface area (Å²) in [5.41, 5.74) is 5.93. The van der Waals surface area contributed by atoms with E-state index in [0.29, 0.717) is 40.5 Å². The maximum atomic E-state index is 13.7. The van der Waals surface area contributed by atoms with E-state index in [1.807, 2.05) is 27.7 Å². The highest BCUT2D eigenvalue weighted by molar-refractivity contribution is 8.76. The molecule has 0 saturated heterocycles. The fourth-order valence-electron chi connectivity index (χ4n) is 6.16. The highest BCUT2D eigenvalue weighted by atomic mass is 33.1. The lowest BCUT2D eigenvalue weighted by molar-refractivity contribution is -0.148. The van der Waals surface area contributed by atoms with Crippen LogP contribution in [0.5, 0.6) is 5.75 Å². The fraction of sp³-hybridized carbons (Fsp3) is 0.581. The summed E-state index contributed by atoms with van der Waals surface area (Å²) in [6, 6.07) is 3.31. The van der Waals surface area contributed by atoms with E-state index in [4.69, 9.17) is 15.2 Å². The van der Waals surface area contributed by atoms with Crippen LogP contribution >= 0.6 is 32.9 Å². The first-order chi connectivity index (χ1) is 29.0. The number of amides is 4. The van der Waals surface area contributed by atoms with Crippen molar-refractivity contribution in [2.75, 3.05) is 23.9 Å². The lowest BCUT2D eigenvalue weighted by Crippen LogP contribution is -2.43. The Morgan fingerprint density at radius 3 is 2.26 bits per heavy atom. The van der Waals surface area contributed by atoms with Gasteiger partial charge in [-0.15, -0.1) is 11.3 Å². The van der Waals surface area contributed by atoms with Gasteiger partial charge < -0.3 is 41.0 Å². The van der Waals surface area contributed by atoms with Gasteiger partial charge in [-0.1, -0.05) is 82.7 Å². The number of carboxylic acids is 1. The number of thiazole rings is 1. The molecule has 0 bridgehead atoms. The first-order valence-electron chi connectivity index (χ1n) is 20.5. The molecule has 1 heterocycles. The molecule has 5 atom stereocenters.